The second-order valence-corrected chi connectivity index (χ2v) is 26.4. The molecule has 2 aromatic heterocycles. The first-order valence-electron chi connectivity index (χ1n) is 31.8. The van der Waals surface area contributed by atoms with Crippen molar-refractivity contribution in [2.24, 2.45) is 7.05 Å². The maximum atomic E-state index is 13.6. The van der Waals surface area contributed by atoms with E-state index in [9.17, 15) is 75.1 Å². The van der Waals surface area contributed by atoms with Crippen molar-refractivity contribution in [2.75, 3.05) is 178 Å². The molecule has 4 atom stereocenters. The van der Waals surface area contributed by atoms with Gasteiger partial charge in [0, 0.05) is 124 Å². The average Bonchev–Trinajstić information content (AvgIpc) is 1.18. The van der Waals surface area contributed by atoms with Crippen molar-refractivity contribution in [1.29, 1.82) is 0 Å². The summed E-state index contributed by atoms with van der Waals surface area (Å²) in [6.45, 7) is 4.38. The normalized spacial score (nSPS) is 13.0. The van der Waals surface area contributed by atoms with Gasteiger partial charge in [0.25, 0.3) is 16.0 Å². The number of nitrogens with zero attached hydrogens (tertiary/aromatic N) is 5. The summed E-state index contributed by atoms with van der Waals surface area (Å²) >= 11 is 0. The van der Waals surface area contributed by atoms with Crippen molar-refractivity contribution >= 4 is 78.4 Å². The molecular formula is C62H99GdN12O24S2+3. The van der Waals surface area contributed by atoms with E-state index in [1.807, 2.05) is 0 Å². The van der Waals surface area contributed by atoms with Crippen molar-refractivity contribution in [3.05, 3.63) is 81.4 Å². The minimum Gasteiger partial charge on any atom is -0.494 e. The number of amides is 3. The smallest absolute Gasteiger partial charge is 0.494 e. The van der Waals surface area contributed by atoms with E-state index in [4.69, 9.17) is 38.3 Å². The van der Waals surface area contributed by atoms with E-state index >= 15 is 0 Å². The molecule has 2 unspecified atom stereocenters. The SMILES string of the molecule is CO.COCC(=O)C[N+](C)(CCN(CCN(CC(=O)OC)CC(O)N[C@@H](CS(=O)(=O)O)C(=O)NCCCOCCOCCOCCCNC(=O)CCCOc1cc(C)c(S(=O)(=O)N[C@@H](CNC(=O)c2cn(C)c3cc(CNc4ncc[nH]4)ccc3c2=O)C(=O)O)c(C)c1)COC)CC(=O)O.[Gd+2]. The number of H-pyrrole nitrogens is 1. The Labute approximate surface area is 619 Å². The number of carboxylic acids is 2. The van der Waals surface area contributed by atoms with Gasteiger partial charge in [0.2, 0.25) is 33.0 Å². The average molecular weight is 1620 g/mol. The number of benzene rings is 2. The maximum Gasteiger partial charge on any atom is 2.00 e. The number of aromatic amines is 1. The first-order chi connectivity index (χ1) is 47.5. The van der Waals surface area contributed by atoms with Crippen LogP contribution in [-0.2, 0) is 90.9 Å². The molecule has 0 radical (unpaired) electrons. The van der Waals surface area contributed by atoms with Crippen LogP contribution in [0.3, 0.4) is 0 Å². The molecule has 2 aromatic carbocycles. The predicted molar refractivity (Wildman–Crippen MR) is 362 cm³/mol. The Hall–Kier alpha value is -6.35. The second kappa shape index (κ2) is 47.8. The Kier molecular flexibility index (Phi) is 43.0. The van der Waals surface area contributed by atoms with Crippen molar-refractivity contribution in [2.45, 2.75) is 69.3 Å². The van der Waals surface area contributed by atoms with Gasteiger partial charge in [-0.2, -0.15) is 13.1 Å². The number of Topliss-reactive ketones (excluding diaryl/α,β-unsaturated/α-hetero) is 1. The number of rotatable bonds is 52. The van der Waals surface area contributed by atoms with Crippen LogP contribution in [0.4, 0.5) is 5.95 Å². The minimum atomic E-state index is -4.73. The van der Waals surface area contributed by atoms with E-state index in [0.717, 1.165) is 12.7 Å². The molecule has 4 aromatic rings. The number of carbonyl (C=O) groups excluding carboxylic acids is 5. The number of esters is 1. The molecule has 101 heavy (non-hydrogen) atoms. The van der Waals surface area contributed by atoms with Gasteiger partial charge in [0.1, 0.15) is 42.8 Å². The molecule has 0 saturated heterocycles. The molecule has 568 valence electrons. The first-order valence-corrected chi connectivity index (χ1v) is 34.9. The zero-order valence-corrected chi connectivity index (χ0v) is 62.0. The van der Waals surface area contributed by atoms with E-state index in [1.165, 1.54) is 58.4 Å². The van der Waals surface area contributed by atoms with Crippen LogP contribution in [0, 0.1) is 53.8 Å². The third-order valence-corrected chi connectivity index (χ3v) is 17.3. The molecule has 3 amide bonds. The standard InChI is InChI=1S/C61H94N12O23S2.CH4O.Gd/c1-42-29-46(30-43(2)57(42)98(88,89)69-49(60(83)84)33-66-58(81)48-34-70(3)51-31-44(12-13-47(51)56(48)80)32-67-61-64-16-17-65-61)96-24-8-11-52(75)62-14-9-22-93-25-27-95-28-26-94-23-10-15-63-59(82)50(40-97(85,86)87)68-53(76)35-72(36-55(79)92-7)19-18-71(41-91-6)20-21-73(4,38-54(77)78)37-45(74)39-90-5;1-2;/h12-13,16-17,29-31,34,49-50,53,68-69,76H,8-11,14-15,18-28,32-33,35-41H2,1-7H3,(H7-,62,63,64,65,66,67,75,77,78,81,82,83,84,85,86,87);2H,1H3;/q;;+2/p+1/t49-,50-,53?,73?;;/m0../s1. The Morgan fingerprint density at radius 3 is 2.01 bits per heavy atom. The Balaban J connectivity index is 0.0000115. The summed E-state index contributed by atoms with van der Waals surface area (Å²) in [5, 5.41) is 51.1. The maximum absolute atomic E-state index is 13.6. The molecule has 0 aliphatic carbocycles. The summed E-state index contributed by atoms with van der Waals surface area (Å²) in [4.78, 5) is 111. The zero-order valence-electron chi connectivity index (χ0n) is 58.1. The van der Waals surface area contributed by atoms with Crippen molar-refractivity contribution < 1.29 is 153 Å². The monoisotopic (exact) mass is 1620 g/mol. The van der Waals surface area contributed by atoms with Crippen LogP contribution in [0.5, 0.6) is 5.75 Å². The number of carboxylic acid groups (broad SMARTS) is 2. The first kappa shape index (κ1) is 90.7. The topological polar surface area (TPSA) is 483 Å². The minimum absolute atomic E-state index is 0. The molecule has 2 heterocycles. The Morgan fingerprint density at radius 2 is 1.43 bits per heavy atom. The number of methoxy groups -OCH3 is 3. The molecular weight excluding hydrogens is 1520 g/mol. The number of ketones is 1. The zero-order chi connectivity index (χ0) is 74.4. The van der Waals surface area contributed by atoms with Crippen molar-refractivity contribution in [1.82, 2.24) is 50.3 Å². The second-order valence-electron chi connectivity index (χ2n) is 23.2. The van der Waals surface area contributed by atoms with Crippen molar-refractivity contribution in [3.8, 4) is 5.75 Å². The number of aryl methyl sites for hydroxylation is 3. The number of aromatic nitrogens is 3. The molecule has 0 fully saturated rings. The van der Waals surface area contributed by atoms with E-state index < -0.39 is 85.9 Å². The fourth-order valence-corrected chi connectivity index (χ4v) is 12.4. The third kappa shape index (κ3) is 35.1. The molecule has 36 nitrogen and oxygen atoms in total. The molecule has 12 N–H and O–H groups in total. The number of aliphatic hydroxyl groups excluding tert-OH is 2. The number of ether oxygens (including phenoxy) is 7. The number of fused-ring (bicyclic) bond motifs is 1. The van der Waals surface area contributed by atoms with Gasteiger partial charge in [0.15, 0.2) is 12.5 Å². The molecule has 0 saturated carbocycles. The van der Waals surface area contributed by atoms with Crippen LogP contribution in [0.2, 0.25) is 0 Å². The summed E-state index contributed by atoms with van der Waals surface area (Å²) in [7, 11) is -0.960. The molecule has 39 heteroatoms. The van der Waals surface area contributed by atoms with Gasteiger partial charge < -0.3 is 88.9 Å². The van der Waals surface area contributed by atoms with E-state index in [0.29, 0.717) is 56.2 Å². The molecule has 0 spiro atoms. The van der Waals surface area contributed by atoms with Gasteiger partial charge in [-0.3, -0.25) is 53.2 Å². The third-order valence-electron chi connectivity index (χ3n) is 14.8. The van der Waals surface area contributed by atoms with Crippen LogP contribution in [0.15, 0.2) is 58.6 Å². The number of likely N-dealkylation sites (N-methyl/N-ethyl adjacent to an activating group) is 1. The van der Waals surface area contributed by atoms with Crippen LogP contribution >= 0.6 is 0 Å². The number of hydrogen-bond donors (Lipinski definition) is 12. The van der Waals surface area contributed by atoms with E-state index in [-0.39, 0.29) is 201 Å². The number of pyridine rings is 1. The number of imidazole rings is 1. The fraction of sp³-hybridized carbons (Fsp3) is 0.597. The Morgan fingerprint density at radius 1 is 0.792 bits per heavy atom. The summed E-state index contributed by atoms with van der Waals surface area (Å²) in [5.74, 6) is -5.79. The molecule has 0 aliphatic heterocycles. The van der Waals surface area contributed by atoms with Gasteiger partial charge in [-0.1, -0.05) is 6.07 Å². The van der Waals surface area contributed by atoms with Gasteiger partial charge >= 0.3 is 57.8 Å². The number of hydrogen-bond acceptors (Lipinski definition) is 26. The van der Waals surface area contributed by atoms with E-state index in [2.05, 4.69) is 41.3 Å². The summed E-state index contributed by atoms with van der Waals surface area (Å²) in [5.41, 5.74) is 1.00. The number of aliphatic hydroxyl groups is 2. The number of sulfonamides is 1. The van der Waals surface area contributed by atoms with Gasteiger partial charge in [-0.05, 0) is 74.1 Å². The Bertz CT molecular complexity index is 3520. The van der Waals surface area contributed by atoms with Gasteiger partial charge in [-0.25, -0.2) is 18.2 Å². The number of aliphatic carboxylic acids is 2. The number of anilines is 1. The number of carbonyl (C=O) groups is 7. The van der Waals surface area contributed by atoms with Crippen LogP contribution in [0.25, 0.3) is 10.9 Å². The molecule has 0 bridgehead atoms. The summed E-state index contributed by atoms with van der Waals surface area (Å²) < 4.78 is 102. The number of nitrogens with one attached hydrogen (secondary N) is 7. The quantitative estimate of drug-likeness (QED) is 0.00732. The van der Waals surface area contributed by atoms with Crippen molar-refractivity contribution in [3.63, 3.8) is 0 Å². The van der Waals surface area contributed by atoms with Crippen LogP contribution in [-0.4, -0.2) is 303 Å². The molecule has 0 aliphatic rings. The van der Waals surface area contributed by atoms with E-state index in [1.54, 1.807) is 54.2 Å². The summed E-state index contributed by atoms with van der Waals surface area (Å²) in [6, 6.07) is 4.61. The number of quaternary nitrogens is 1. The van der Waals surface area contributed by atoms with Gasteiger partial charge in [-0.15, -0.1) is 0 Å². The largest absolute Gasteiger partial charge is 2.00 e. The van der Waals surface area contributed by atoms with Gasteiger partial charge in [0.05, 0.1) is 83.2 Å². The van der Waals surface area contributed by atoms with Crippen LogP contribution < -0.4 is 41.5 Å². The fourth-order valence-electron chi connectivity index (χ4n) is 10.1. The predicted octanol–water partition coefficient (Wildman–Crippen LogP) is -2.23. The summed E-state index contributed by atoms with van der Waals surface area (Å²) in [6.07, 6.45) is 4.30. The van der Waals surface area contributed by atoms with Crippen LogP contribution in [0.1, 0.15) is 52.7 Å². The molecule has 4 rings (SSSR count).